The van der Waals surface area contributed by atoms with E-state index in [1.165, 1.54) is 12.1 Å². The summed E-state index contributed by atoms with van der Waals surface area (Å²) < 4.78 is 66.6. The molecule has 0 aliphatic rings. The van der Waals surface area contributed by atoms with Gasteiger partial charge in [-0.05, 0) is 13.0 Å². The summed E-state index contributed by atoms with van der Waals surface area (Å²) in [5, 5.41) is 0. The smallest absolute Gasteiger partial charge is 0.340 e. The molecule has 0 saturated carbocycles. The van der Waals surface area contributed by atoms with Gasteiger partial charge in [-0.1, -0.05) is 6.07 Å². The molecule has 18 heavy (non-hydrogen) atoms. The van der Waals surface area contributed by atoms with Crippen LogP contribution in [0, 0.1) is 5.82 Å². The number of ether oxygens (including phenoxy) is 1. The van der Waals surface area contributed by atoms with Crippen molar-refractivity contribution in [1.29, 1.82) is 0 Å². The van der Waals surface area contributed by atoms with Gasteiger partial charge >= 0.3 is 12.3 Å². The van der Waals surface area contributed by atoms with E-state index < -0.39 is 30.8 Å². The van der Waals surface area contributed by atoms with Gasteiger partial charge in [0.05, 0.1) is 0 Å². The summed E-state index contributed by atoms with van der Waals surface area (Å²) in [4.78, 5) is 0. The zero-order valence-corrected chi connectivity index (χ0v) is 9.47. The molecule has 0 amide bonds. The standard InChI is InChI=1S/C11H12F5NO/c1-6(17)8-3-2-7(4-9(8)12)18-5-11(15,16)10(13)14/h2-4,6,10H,5,17H2,1H3/t6-/m0/s1. The summed E-state index contributed by atoms with van der Waals surface area (Å²) >= 11 is 0. The van der Waals surface area contributed by atoms with Gasteiger partial charge in [0, 0.05) is 17.7 Å². The van der Waals surface area contributed by atoms with Crippen LogP contribution in [0.1, 0.15) is 18.5 Å². The summed E-state index contributed by atoms with van der Waals surface area (Å²) in [6.45, 7) is 0.0333. The van der Waals surface area contributed by atoms with E-state index in [4.69, 9.17) is 5.73 Å². The lowest BCUT2D eigenvalue weighted by atomic mass is 10.1. The molecule has 0 aromatic heterocycles. The van der Waals surface area contributed by atoms with Gasteiger partial charge in [0.1, 0.15) is 11.6 Å². The van der Waals surface area contributed by atoms with Gasteiger partial charge in [-0.15, -0.1) is 0 Å². The monoisotopic (exact) mass is 269 g/mol. The maximum atomic E-state index is 13.4. The average Bonchev–Trinajstić information content (AvgIpc) is 2.25. The Bertz CT molecular complexity index is 408. The Morgan fingerprint density at radius 3 is 2.39 bits per heavy atom. The highest BCUT2D eigenvalue weighted by Crippen LogP contribution is 2.26. The van der Waals surface area contributed by atoms with E-state index in [0.717, 1.165) is 6.07 Å². The zero-order valence-electron chi connectivity index (χ0n) is 9.47. The maximum absolute atomic E-state index is 13.4. The fraction of sp³-hybridized carbons (Fsp3) is 0.455. The van der Waals surface area contributed by atoms with E-state index in [0.29, 0.717) is 0 Å². The van der Waals surface area contributed by atoms with Gasteiger partial charge in [0.25, 0.3) is 0 Å². The van der Waals surface area contributed by atoms with Crippen LogP contribution in [0.25, 0.3) is 0 Å². The third-order valence-electron chi connectivity index (χ3n) is 2.21. The highest BCUT2D eigenvalue weighted by molar-refractivity contribution is 5.30. The van der Waals surface area contributed by atoms with Crippen LogP contribution in [0.3, 0.4) is 0 Å². The van der Waals surface area contributed by atoms with Crippen molar-refractivity contribution in [2.45, 2.75) is 25.3 Å². The minimum absolute atomic E-state index is 0.183. The summed E-state index contributed by atoms with van der Waals surface area (Å²) in [6.07, 6.45) is -3.83. The quantitative estimate of drug-likeness (QED) is 0.833. The minimum atomic E-state index is -4.27. The molecule has 2 nitrogen and oxygen atoms in total. The molecule has 0 aliphatic carbocycles. The van der Waals surface area contributed by atoms with Crippen LogP contribution in [-0.2, 0) is 0 Å². The number of hydrogen-bond donors (Lipinski definition) is 1. The summed E-state index contributed by atoms with van der Waals surface area (Å²) in [5.41, 5.74) is 5.63. The summed E-state index contributed by atoms with van der Waals surface area (Å²) in [7, 11) is 0. The molecule has 2 N–H and O–H groups in total. The molecule has 0 unspecified atom stereocenters. The SMILES string of the molecule is C[C@H](N)c1ccc(OCC(F)(F)C(F)F)cc1F. The van der Waals surface area contributed by atoms with Gasteiger partial charge in [-0.2, -0.15) is 8.78 Å². The molecule has 1 rings (SSSR count). The molecule has 1 atom stereocenters. The van der Waals surface area contributed by atoms with Crippen LogP contribution in [0.15, 0.2) is 18.2 Å². The molecule has 1 aromatic rings. The molecule has 0 saturated heterocycles. The molecular weight excluding hydrogens is 257 g/mol. The Morgan fingerprint density at radius 1 is 1.33 bits per heavy atom. The van der Waals surface area contributed by atoms with Crippen LogP contribution in [0.5, 0.6) is 5.75 Å². The number of alkyl halides is 4. The van der Waals surface area contributed by atoms with Crippen molar-refractivity contribution in [1.82, 2.24) is 0 Å². The Morgan fingerprint density at radius 2 is 1.94 bits per heavy atom. The first-order valence-electron chi connectivity index (χ1n) is 5.08. The fourth-order valence-electron chi connectivity index (χ4n) is 1.21. The van der Waals surface area contributed by atoms with Gasteiger partial charge in [0.2, 0.25) is 0 Å². The Hall–Kier alpha value is -1.37. The first-order chi connectivity index (χ1) is 8.24. The van der Waals surface area contributed by atoms with Crippen LogP contribution in [0.2, 0.25) is 0 Å². The number of nitrogens with two attached hydrogens (primary N) is 1. The fourth-order valence-corrected chi connectivity index (χ4v) is 1.21. The third-order valence-corrected chi connectivity index (χ3v) is 2.21. The Labute approximate surface area is 101 Å². The van der Waals surface area contributed by atoms with Gasteiger partial charge in [-0.25, -0.2) is 13.2 Å². The predicted molar refractivity (Wildman–Crippen MR) is 55.4 cm³/mol. The van der Waals surface area contributed by atoms with Crippen molar-refractivity contribution in [3.05, 3.63) is 29.6 Å². The van der Waals surface area contributed by atoms with Crippen LogP contribution < -0.4 is 10.5 Å². The molecular formula is C11H12F5NO. The van der Waals surface area contributed by atoms with Crippen molar-refractivity contribution in [2.24, 2.45) is 5.73 Å². The molecule has 0 radical (unpaired) electrons. The van der Waals surface area contributed by atoms with Crippen molar-refractivity contribution in [3.63, 3.8) is 0 Å². The van der Waals surface area contributed by atoms with Crippen molar-refractivity contribution < 1.29 is 26.7 Å². The van der Waals surface area contributed by atoms with Crippen LogP contribution in [-0.4, -0.2) is 19.0 Å². The molecule has 0 heterocycles. The molecule has 102 valence electrons. The predicted octanol–water partition coefficient (Wildman–Crippen LogP) is 3.12. The van der Waals surface area contributed by atoms with Crippen molar-refractivity contribution >= 4 is 0 Å². The number of halogens is 5. The molecule has 7 heteroatoms. The molecule has 0 aliphatic heterocycles. The van der Waals surface area contributed by atoms with E-state index in [9.17, 15) is 22.0 Å². The lowest BCUT2D eigenvalue weighted by Crippen LogP contribution is -2.33. The van der Waals surface area contributed by atoms with Crippen molar-refractivity contribution in [3.8, 4) is 5.75 Å². The second-order valence-corrected chi connectivity index (χ2v) is 3.82. The summed E-state index contributed by atoms with van der Waals surface area (Å²) in [5.74, 6) is -5.25. The molecule has 1 aromatic carbocycles. The van der Waals surface area contributed by atoms with Crippen LogP contribution >= 0.6 is 0 Å². The molecule has 0 spiro atoms. The first kappa shape index (κ1) is 14.7. The Balaban J connectivity index is 2.73. The van der Waals surface area contributed by atoms with Gasteiger partial charge in [0.15, 0.2) is 6.61 Å². The third kappa shape index (κ3) is 3.56. The first-order valence-corrected chi connectivity index (χ1v) is 5.08. The van der Waals surface area contributed by atoms with E-state index in [-0.39, 0.29) is 11.3 Å². The largest absolute Gasteiger partial charge is 0.487 e. The highest BCUT2D eigenvalue weighted by Gasteiger charge is 2.41. The van der Waals surface area contributed by atoms with E-state index in [2.05, 4.69) is 4.74 Å². The van der Waals surface area contributed by atoms with Gasteiger partial charge in [-0.3, -0.25) is 0 Å². The van der Waals surface area contributed by atoms with Crippen molar-refractivity contribution in [2.75, 3.05) is 6.61 Å². The molecule has 0 fully saturated rings. The number of rotatable bonds is 5. The van der Waals surface area contributed by atoms with E-state index in [1.807, 2.05) is 0 Å². The lowest BCUT2D eigenvalue weighted by molar-refractivity contribution is -0.148. The lowest BCUT2D eigenvalue weighted by Gasteiger charge is -2.16. The van der Waals surface area contributed by atoms with Crippen LogP contribution in [0.4, 0.5) is 22.0 Å². The number of benzene rings is 1. The van der Waals surface area contributed by atoms with E-state index >= 15 is 0 Å². The van der Waals surface area contributed by atoms with Gasteiger partial charge < -0.3 is 10.5 Å². The highest BCUT2D eigenvalue weighted by atomic mass is 19.3. The average molecular weight is 269 g/mol. The second-order valence-electron chi connectivity index (χ2n) is 3.82. The Kier molecular flexibility index (Phi) is 4.50. The normalized spacial score (nSPS) is 13.8. The second kappa shape index (κ2) is 5.51. The zero-order chi connectivity index (χ0) is 13.9. The van der Waals surface area contributed by atoms with E-state index in [1.54, 1.807) is 6.92 Å². The molecule has 0 bridgehead atoms. The summed E-state index contributed by atoms with van der Waals surface area (Å²) in [6, 6.07) is 2.72. The maximum Gasteiger partial charge on any atom is 0.340 e. The minimum Gasteiger partial charge on any atom is -0.487 e. The number of hydrogen-bond acceptors (Lipinski definition) is 2. The topological polar surface area (TPSA) is 35.2 Å².